The Hall–Kier alpha value is -2.39. The van der Waals surface area contributed by atoms with Gasteiger partial charge >= 0.3 is 5.97 Å². The van der Waals surface area contributed by atoms with Gasteiger partial charge in [-0.05, 0) is 17.7 Å². The average Bonchev–Trinajstić information content (AvgIpc) is 2.66. The molecule has 0 spiro atoms. The molecule has 0 heterocycles. The van der Waals surface area contributed by atoms with E-state index >= 15 is 0 Å². The van der Waals surface area contributed by atoms with Gasteiger partial charge in [0.1, 0.15) is 6.10 Å². The summed E-state index contributed by atoms with van der Waals surface area (Å²) in [6, 6.07) is 19.2. The van der Waals surface area contributed by atoms with E-state index in [4.69, 9.17) is 9.47 Å². The quantitative estimate of drug-likeness (QED) is 0.589. The van der Waals surface area contributed by atoms with Crippen LogP contribution in [-0.2, 0) is 16.1 Å². The largest absolute Gasteiger partial charge is 0.458 e. The molecule has 0 aromatic heterocycles. The Balaban J connectivity index is 1.64. The molecule has 2 aromatic rings. The van der Waals surface area contributed by atoms with Gasteiger partial charge in [0.2, 0.25) is 0 Å². The molecule has 0 saturated heterocycles. The fraction of sp³-hybridized carbons (Fsp3) is 0.318. The van der Waals surface area contributed by atoms with E-state index in [1.165, 1.54) is 0 Å². The van der Waals surface area contributed by atoms with E-state index in [-0.39, 0.29) is 30.0 Å². The number of hydrogen-bond donors (Lipinski definition) is 0. The first-order valence-electron chi connectivity index (χ1n) is 8.75. The summed E-state index contributed by atoms with van der Waals surface area (Å²) in [4.78, 5) is 12.4. The van der Waals surface area contributed by atoms with Crippen LogP contribution in [0.2, 0.25) is 0 Å². The predicted octanol–water partition coefficient (Wildman–Crippen LogP) is 4.64. The summed E-state index contributed by atoms with van der Waals surface area (Å²) >= 11 is 0. The second kappa shape index (κ2) is 8.13. The van der Waals surface area contributed by atoms with Crippen LogP contribution in [0.25, 0.3) is 0 Å². The molecule has 0 saturated carbocycles. The molecule has 0 fully saturated rings. The number of hydrogen-bond acceptors (Lipinski definition) is 3. The first-order chi connectivity index (χ1) is 12.1. The molecule has 0 radical (unpaired) electrons. The first kappa shape index (κ1) is 17.4. The van der Waals surface area contributed by atoms with Crippen LogP contribution in [-0.4, -0.2) is 18.2 Å². The molecule has 0 bridgehead atoms. The molecule has 130 valence electrons. The lowest BCUT2D eigenvalue weighted by atomic mass is 9.83. The summed E-state index contributed by atoms with van der Waals surface area (Å²) in [5.41, 5.74) is 1.72. The molecular weight excluding hydrogens is 312 g/mol. The third-order valence-corrected chi connectivity index (χ3v) is 4.70. The van der Waals surface area contributed by atoms with Gasteiger partial charge in [-0.15, -0.1) is 0 Å². The van der Waals surface area contributed by atoms with Crippen molar-refractivity contribution >= 4 is 5.97 Å². The Morgan fingerprint density at radius 2 is 1.56 bits per heavy atom. The van der Waals surface area contributed by atoms with Crippen molar-refractivity contribution in [2.24, 2.45) is 11.8 Å². The minimum Gasteiger partial charge on any atom is -0.458 e. The molecule has 1 aliphatic rings. The zero-order valence-corrected chi connectivity index (χ0v) is 14.7. The van der Waals surface area contributed by atoms with Gasteiger partial charge in [-0.2, -0.15) is 0 Å². The smallest absolute Gasteiger partial charge is 0.338 e. The molecular formula is C22H24O3. The third kappa shape index (κ3) is 4.37. The van der Waals surface area contributed by atoms with E-state index in [1.54, 1.807) is 12.1 Å². The van der Waals surface area contributed by atoms with Crippen molar-refractivity contribution in [3.8, 4) is 0 Å². The lowest BCUT2D eigenvalue weighted by Crippen LogP contribution is -2.40. The molecule has 3 rings (SSSR count). The minimum absolute atomic E-state index is 0.0648. The molecule has 0 amide bonds. The molecule has 4 atom stereocenters. The zero-order valence-electron chi connectivity index (χ0n) is 14.7. The highest BCUT2D eigenvalue weighted by atomic mass is 16.5. The van der Waals surface area contributed by atoms with Crippen molar-refractivity contribution in [1.29, 1.82) is 0 Å². The Morgan fingerprint density at radius 3 is 2.24 bits per heavy atom. The van der Waals surface area contributed by atoms with E-state index in [0.29, 0.717) is 12.2 Å². The fourth-order valence-electron chi connectivity index (χ4n) is 3.19. The van der Waals surface area contributed by atoms with Gasteiger partial charge in [0, 0.05) is 11.8 Å². The van der Waals surface area contributed by atoms with Crippen molar-refractivity contribution in [2.45, 2.75) is 32.7 Å². The monoisotopic (exact) mass is 336 g/mol. The lowest BCUT2D eigenvalue weighted by Gasteiger charge is -2.35. The summed E-state index contributed by atoms with van der Waals surface area (Å²) in [6.07, 6.45) is 3.91. The highest BCUT2D eigenvalue weighted by molar-refractivity contribution is 5.89. The molecule has 2 aromatic carbocycles. The average molecular weight is 336 g/mol. The minimum atomic E-state index is -0.276. The number of esters is 1. The SMILES string of the molecule is C[C@H]1[C@@H](OC(=O)c2ccccc2)[C@@H](C)C=C[C@@H]1OCc1ccccc1. The summed E-state index contributed by atoms with van der Waals surface area (Å²) in [6.45, 7) is 4.70. The molecule has 25 heavy (non-hydrogen) atoms. The van der Waals surface area contributed by atoms with Crippen LogP contribution < -0.4 is 0 Å². The van der Waals surface area contributed by atoms with Crippen molar-refractivity contribution in [2.75, 3.05) is 0 Å². The standard InChI is InChI=1S/C22H24O3/c1-16-13-14-20(24-15-18-9-5-3-6-10-18)17(2)21(16)25-22(23)19-11-7-4-8-12-19/h3-14,16-17,20-21H,15H2,1-2H3/t16-,17+,20-,21-/m0/s1. The van der Waals surface area contributed by atoms with Crippen molar-refractivity contribution < 1.29 is 14.3 Å². The Kier molecular flexibility index (Phi) is 5.67. The maximum absolute atomic E-state index is 12.4. The van der Waals surface area contributed by atoms with E-state index in [9.17, 15) is 4.79 Å². The molecule has 0 aliphatic heterocycles. The van der Waals surface area contributed by atoms with Gasteiger partial charge in [0.15, 0.2) is 0 Å². The lowest BCUT2D eigenvalue weighted by molar-refractivity contribution is -0.0481. The van der Waals surface area contributed by atoms with Gasteiger partial charge < -0.3 is 9.47 Å². The maximum atomic E-state index is 12.4. The van der Waals surface area contributed by atoms with E-state index < -0.39 is 0 Å². The number of ether oxygens (including phenoxy) is 2. The Morgan fingerprint density at radius 1 is 0.920 bits per heavy atom. The zero-order chi connectivity index (χ0) is 17.6. The van der Waals surface area contributed by atoms with Crippen molar-refractivity contribution in [3.05, 3.63) is 83.9 Å². The molecule has 3 heteroatoms. The normalized spacial score (nSPS) is 25.5. The van der Waals surface area contributed by atoms with E-state index in [2.05, 4.69) is 26.0 Å². The van der Waals surface area contributed by atoms with Gasteiger partial charge in [-0.25, -0.2) is 4.79 Å². The number of carbonyl (C=O) groups is 1. The Bertz CT molecular complexity index is 709. The molecule has 0 unspecified atom stereocenters. The third-order valence-electron chi connectivity index (χ3n) is 4.70. The van der Waals surface area contributed by atoms with Gasteiger partial charge in [-0.3, -0.25) is 0 Å². The van der Waals surface area contributed by atoms with Crippen LogP contribution in [0.3, 0.4) is 0 Å². The molecule has 0 N–H and O–H groups in total. The maximum Gasteiger partial charge on any atom is 0.338 e. The highest BCUT2D eigenvalue weighted by Gasteiger charge is 2.35. The van der Waals surface area contributed by atoms with Crippen LogP contribution >= 0.6 is 0 Å². The van der Waals surface area contributed by atoms with Crippen LogP contribution in [0.15, 0.2) is 72.8 Å². The van der Waals surface area contributed by atoms with Crippen LogP contribution in [0.5, 0.6) is 0 Å². The van der Waals surface area contributed by atoms with Crippen molar-refractivity contribution in [1.82, 2.24) is 0 Å². The Labute approximate surface area is 149 Å². The van der Waals surface area contributed by atoms with Gasteiger partial charge in [-0.1, -0.05) is 74.5 Å². The number of rotatable bonds is 5. The number of benzene rings is 2. The van der Waals surface area contributed by atoms with Crippen molar-refractivity contribution in [3.63, 3.8) is 0 Å². The summed E-state index contributed by atoms with van der Waals surface area (Å²) in [5, 5.41) is 0. The van der Waals surface area contributed by atoms with Crippen LogP contribution in [0, 0.1) is 11.8 Å². The van der Waals surface area contributed by atoms with Crippen LogP contribution in [0.1, 0.15) is 29.8 Å². The van der Waals surface area contributed by atoms with E-state index in [0.717, 1.165) is 5.56 Å². The van der Waals surface area contributed by atoms with Gasteiger partial charge in [0.25, 0.3) is 0 Å². The predicted molar refractivity (Wildman–Crippen MR) is 98.1 cm³/mol. The van der Waals surface area contributed by atoms with E-state index in [1.807, 2.05) is 48.5 Å². The van der Waals surface area contributed by atoms with Crippen LogP contribution in [0.4, 0.5) is 0 Å². The topological polar surface area (TPSA) is 35.5 Å². The molecule has 3 nitrogen and oxygen atoms in total. The fourth-order valence-corrected chi connectivity index (χ4v) is 3.19. The second-order valence-corrected chi connectivity index (χ2v) is 6.60. The first-order valence-corrected chi connectivity index (χ1v) is 8.75. The van der Waals surface area contributed by atoms with Gasteiger partial charge in [0.05, 0.1) is 18.3 Å². The summed E-state index contributed by atoms with van der Waals surface area (Å²) < 4.78 is 11.9. The summed E-state index contributed by atoms with van der Waals surface area (Å²) in [7, 11) is 0. The highest BCUT2D eigenvalue weighted by Crippen LogP contribution is 2.30. The summed E-state index contributed by atoms with van der Waals surface area (Å²) in [5.74, 6) is -0.0166. The second-order valence-electron chi connectivity index (χ2n) is 6.60. The number of carbonyl (C=O) groups excluding carboxylic acids is 1. The molecule has 1 aliphatic carbocycles.